The molecule has 23 heavy (non-hydrogen) atoms. The molecule has 0 spiro atoms. The third-order valence-electron chi connectivity index (χ3n) is 4.20. The number of nitrogens with one attached hydrogen (secondary N) is 1. The Balaban J connectivity index is 2.11. The smallest absolute Gasteiger partial charge is 0.383 e. The minimum Gasteiger partial charge on any atom is -0.383 e. The van der Waals surface area contributed by atoms with Crippen molar-refractivity contribution in [1.82, 2.24) is 4.98 Å². The SMILES string of the molecule is COCC1CCCN1c1ccc2[nH]c(=O)cc(C(F)(F)F)c2c1. The third kappa shape index (κ3) is 3.06. The van der Waals surface area contributed by atoms with Crippen LogP contribution in [0.3, 0.4) is 0 Å². The zero-order valence-electron chi connectivity index (χ0n) is 12.6. The van der Waals surface area contributed by atoms with E-state index >= 15 is 0 Å². The number of halogens is 3. The lowest BCUT2D eigenvalue weighted by Gasteiger charge is -2.26. The largest absolute Gasteiger partial charge is 0.417 e. The molecule has 4 nitrogen and oxygen atoms in total. The van der Waals surface area contributed by atoms with Crippen molar-refractivity contribution in [3.8, 4) is 0 Å². The standard InChI is InChI=1S/C16H17F3N2O2/c1-23-9-11-3-2-6-21(11)10-4-5-14-12(7-10)13(16(17,18)19)8-15(22)20-14/h4-5,7-8,11H,2-3,6,9H2,1H3,(H,20,22). The summed E-state index contributed by atoms with van der Waals surface area (Å²) in [5.74, 6) is 0. The summed E-state index contributed by atoms with van der Waals surface area (Å²) in [7, 11) is 1.61. The van der Waals surface area contributed by atoms with E-state index in [4.69, 9.17) is 4.74 Å². The topological polar surface area (TPSA) is 45.3 Å². The van der Waals surface area contributed by atoms with Gasteiger partial charge in [-0.3, -0.25) is 4.79 Å². The average Bonchev–Trinajstić information content (AvgIpc) is 2.93. The number of rotatable bonds is 3. The van der Waals surface area contributed by atoms with Gasteiger partial charge in [-0.15, -0.1) is 0 Å². The molecule has 0 saturated carbocycles. The predicted molar refractivity (Wildman–Crippen MR) is 81.8 cm³/mol. The second-order valence-electron chi connectivity index (χ2n) is 5.72. The van der Waals surface area contributed by atoms with Crippen molar-refractivity contribution in [2.75, 3.05) is 25.2 Å². The third-order valence-corrected chi connectivity index (χ3v) is 4.20. The molecule has 1 fully saturated rings. The number of hydrogen-bond acceptors (Lipinski definition) is 3. The lowest BCUT2D eigenvalue weighted by atomic mass is 10.1. The van der Waals surface area contributed by atoms with Crippen molar-refractivity contribution in [3.05, 3.63) is 40.2 Å². The highest BCUT2D eigenvalue weighted by molar-refractivity contribution is 5.86. The number of aromatic amines is 1. The van der Waals surface area contributed by atoms with Gasteiger partial charge in [-0.2, -0.15) is 13.2 Å². The van der Waals surface area contributed by atoms with Crippen LogP contribution in [-0.4, -0.2) is 31.3 Å². The van der Waals surface area contributed by atoms with Gasteiger partial charge in [0.1, 0.15) is 0 Å². The van der Waals surface area contributed by atoms with Crippen molar-refractivity contribution < 1.29 is 17.9 Å². The first kappa shape index (κ1) is 15.9. The minimum atomic E-state index is -4.57. The second-order valence-corrected chi connectivity index (χ2v) is 5.72. The Morgan fingerprint density at radius 2 is 2.13 bits per heavy atom. The number of H-pyrrole nitrogens is 1. The van der Waals surface area contributed by atoms with Crippen molar-refractivity contribution >= 4 is 16.6 Å². The summed E-state index contributed by atoms with van der Waals surface area (Å²) in [5.41, 5.74) is -0.748. The molecule has 1 aliphatic rings. The summed E-state index contributed by atoms with van der Waals surface area (Å²) < 4.78 is 44.8. The first-order valence-electron chi connectivity index (χ1n) is 7.40. The lowest BCUT2D eigenvalue weighted by Crippen LogP contribution is -2.32. The van der Waals surface area contributed by atoms with Gasteiger partial charge in [-0.25, -0.2) is 0 Å². The number of alkyl halides is 3. The maximum atomic E-state index is 13.2. The minimum absolute atomic E-state index is 0.0117. The molecule has 3 rings (SSSR count). The predicted octanol–water partition coefficient (Wildman–Crippen LogP) is 3.16. The van der Waals surface area contributed by atoms with Crippen LogP contribution in [0.1, 0.15) is 18.4 Å². The van der Waals surface area contributed by atoms with E-state index in [9.17, 15) is 18.0 Å². The number of nitrogens with zero attached hydrogens (tertiary/aromatic N) is 1. The van der Waals surface area contributed by atoms with Crippen LogP contribution in [0.15, 0.2) is 29.1 Å². The number of hydrogen-bond donors (Lipinski definition) is 1. The van der Waals surface area contributed by atoms with E-state index in [1.54, 1.807) is 13.2 Å². The van der Waals surface area contributed by atoms with Crippen LogP contribution in [0.4, 0.5) is 18.9 Å². The van der Waals surface area contributed by atoms with Gasteiger partial charge in [0.15, 0.2) is 0 Å². The van der Waals surface area contributed by atoms with Gasteiger partial charge in [0.05, 0.1) is 18.2 Å². The fourth-order valence-electron chi connectivity index (χ4n) is 3.20. The zero-order valence-corrected chi connectivity index (χ0v) is 12.6. The molecule has 1 unspecified atom stereocenters. The van der Waals surface area contributed by atoms with E-state index in [1.807, 2.05) is 0 Å². The van der Waals surface area contributed by atoms with Crippen LogP contribution >= 0.6 is 0 Å². The van der Waals surface area contributed by atoms with E-state index in [2.05, 4.69) is 9.88 Å². The van der Waals surface area contributed by atoms with E-state index in [0.29, 0.717) is 12.7 Å². The maximum absolute atomic E-state index is 13.2. The second kappa shape index (κ2) is 5.88. The fraction of sp³-hybridized carbons (Fsp3) is 0.438. The molecule has 0 aliphatic carbocycles. The van der Waals surface area contributed by atoms with Crippen LogP contribution in [0.2, 0.25) is 0 Å². The van der Waals surface area contributed by atoms with Crippen molar-refractivity contribution in [2.24, 2.45) is 0 Å². The molecule has 1 aliphatic heterocycles. The number of ether oxygens (including phenoxy) is 1. The number of benzene rings is 1. The number of fused-ring (bicyclic) bond motifs is 1. The van der Waals surface area contributed by atoms with Gasteiger partial charge in [-0.1, -0.05) is 0 Å². The van der Waals surface area contributed by atoms with Crippen molar-refractivity contribution in [2.45, 2.75) is 25.1 Å². The monoisotopic (exact) mass is 326 g/mol. The number of anilines is 1. The molecule has 0 bridgehead atoms. The average molecular weight is 326 g/mol. The Kier molecular flexibility index (Phi) is 4.06. The molecule has 0 amide bonds. The molecular formula is C16H17F3N2O2. The van der Waals surface area contributed by atoms with Crippen LogP contribution in [0, 0.1) is 0 Å². The molecule has 0 radical (unpaired) electrons. The fourth-order valence-corrected chi connectivity index (χ4v) is 3.20. The normalized spacial score (nSPS) is 18.8. The Morgan fingerprint density at radius 3 is 2.83 bits per heavy atom. The van der Waals surface area contributed by atoms with E-state index in [1.165, 1.54) is 12.1 Å². The molecule has 1 N–H and O–H groups in total. The molecular weight excluding hydrogens is 309 g/mol. The van der Waals surface area contributed by atoms with Crippen molar-refractivity contribution in [3.63, 3.8) is 0 Å². The lowest BCUT2D eigenvalue weighted by molar-refractivity contribution is -0.136. The molecule has 1 aromatic heterocycles. The molecule has 2 heterocycles. The summed E-state index contributed by atoms with van der Waals surface area (Å²) in [6.45, 7) is 1.32. The van der Waals surface area contributed by atoms with E-state index in [-0.39, 0.29) is 16.9 Å². The number of methoxy groups -OCH3 is 1. The van der Waals surface area contributed by atoms with Crippen LogP contribution in [-0.2, 0) is 10.9 Å². The Morgan fingerprint density at radius 1 is 1.35 bits per heavy atom. The summed E-state index contributed by atoms with van der Waals surface area (Å²) in [5, 5.41) is 0.0117. The molecule has 1 saturated heterocycles. The van der Waals surface area contributed by atoms with Gasteiger partial charge in [0.25, 0.3) is 0 Å². The van der Waals surface area contributed by atoms with Gasteiger partial charge in [0, 0.05) is 36.3 Å². The highest BCUT2D eigenvalue weighted by Gasteiger charge is 2.34. The van der Waals surface area contributed by atoms with E-state index < -0.39 is 17.3 Å². The van der Waals surface area contributed by atoms with Crippen molar-refractivity contribution in [1.29, 1.82) is 0 Å². The summed E-state index contributed by atoms with van der Waals surface area (Å²) in [4.78, 5) is 16.0. The van der Waals surface area contributed by atoms with Crippen LogP contribution in [0.25, 0.3) is 10.9 Å². The summed E-state index contributed by atoms with van der Waals surface area (Å²) in [6, 6.07) is 5.55. The van der Waals surface area contributed by atoms with Crippen LogP contribution < -0.4 is 10.5 Å². The quantitative estimate of drug-likeness (QED) is 0.942. The number of pyridine rings is 1. The molecule has 7 heteroatoms. The molecule has 2 aromatic rings. The highest BCUT2D eigenvalue weighted by atomic mass is 19.4. The zero-order chi connectivity index (χ0) is 16.6. The van der Waals surface area contributed by atoms with E-state index in [0.717, 1.165) is 25.1 Å². The Hall–Kier alpha value is -2.02. The summed E-state index contributed by atoms with van der Waals surface area (Å²) in [6.07, 6.45) is -2.64. The first-order valence-corrected chi connectivity index (χ1v) is 7.40. The van der Waals surface area contributed by atoms with Gasteiger partial charge in [-0.05, 0) is 31.0 Å². The Bertz CT molecular complexity index is 770. The van der Waals surface area contributed by atoms with Gasteiger partial charge in [0.2, 0.25) is 5.56 Å². The molecule has 124 valence electrons. The highest BCUT2D eigenvalue weighted by Crippen LogP contribution is 2.36. The van der Waals surface area contributed by atoms with Gasteiger partial charge < -0.3 is 14.6 Å². The number of aromatic nitrogens is 1. The molecule has 1 aromatic carbocycles. The van der Waals surface area contributed by atoms with Gasteiger partial charge >= 0.3 is 6.18 Å². The Labute approximate surface area is 130 Å². The summed E-state index contributed by atoms with van der Waals surface area (Å²) >= 11 is 0. The molecule has 1 atom stereocenters. The van der Waals surface area contributed by atoms with Crippen LogP contribution in [0.5, 0.6) is 0 Å². The maximum Gasteiger partial charge on any atom is 0.417 e. The first-order chi connectivity index (χ1) is 10.9.